The number of anilines is 3. The van der Waals surface area contributed by atoms with Crippen LogP contribution in [-0.2, 0) is 10.2 Å². The molecule has 3 aliphatic rings. The maximum Gasteiger partial charge on any atom is 0.431 e. The van der Waals surface area contributed by atoms with Crippen LogP contribution in [0, 0.1) is 0 Å². The summed E-state index contributed by atoms with van der Waals surface area (Å²) in [6, 6.07) is 3.59. The molecule has 5 heterocycles. The summed E-state index contributed by atoms with van der Waals surface area (Å²) in [4.78, 5) is 28.4. The Hall–Kier alpha value is -3.61. The van der Waals surface area contributed by atoms with Gasteiger partial charge in [-0.05, 0) is 59.6 Å². The summed E-state index contributed by atoms with van der Waals surface area (Å²) in [6.45, 7) is 12.8. The molecular weight excluding hydrogens is 535 g/mol. The normalized spacial score (nSPS) is 19.1. The second-order valence-corrected chi connectivity index (χ2v) is 12.3. The zero-order valence-corrected chi connectivity index (χ0v) is 24.0. The molecule has 0 spiro atoms. The van der Waals surface area contributed by atoms with Gasteiger partial charge in [0.1, 0.15) is 23.7 Å². The largest absolute Gasteiger partial charge is 0.431 e. The molecule has 1 saturated heterocycles. The van der Waals surface area contributed by atoms with E-state index in [0.717, 1.165) is 42.1 Å². The quantitative estimate of drug-likeness (QED) is 0.422. The van der Waals surface area contributed by atoms with Gasteiger partial charge in [0.25, 0.3) is 0 Å². The molecule has 10 nitrogen and oxygen atoms in total. The highest BCUT2D eigenvalue weighted by atomic mass is 19.4. The summed E-state index contributed by atoms with van der Waals surface area (Å²) in [5, 5.41) is 17.0. The molecule has 5 rings (SSSR count). The number of amides is 1. The molecule has 0 unspecified atom stereocenters. The number of alkyl halides is 3. The van der Waals surface area contributed by atoms with E-state index < -0.39 is 23.7 Å². The first-order valence-corrected chi connectivity index (χ1v) is 13.9. The van der Waals surface area contributed by atoms with E-state index in [1.54, 1.807) is 6.07 Å². The lowest BCUT2D eigenvalue weighted by Crippen LogP contribution is -2.39. The van der Waals surface area contributed by atoms with Crippen molar-refractivity contribution in [3.8, 4) is 0 Å². The fourth-order valence-electron chi connectivity index (χ4n) is 5.41. The van der Waals surface area contributed by atoms with E-state index in [-0.39, 0.29) is 23.1 Å². The Morgan fingerprint density at radius 1 is 1.07 bits per heavy atom. The molecule has 0 atom stereocenters. The molecule has 2 aromatic heterocycles. The summed E-state index contributed by atoms with van der Waals surface area (Å²) < 4.78 is 39.6. The molecule has 0 saturated carbocycles. The van der Waals surface area contributed by atoms with E-state index in [1.165, 1.54) is 6.33 Å². The minimum atomic E-state index is -4.52. The second kappa shape index (κ2) is 10.7. The Labute approximate surface area is 237 Å². The zero-order chi connectivity index (χ0) is 29.6. The van der Waals surface area contributed by atoms with Crippen LogP contribution in [0.1, 0.15) is 76.8 Å². The number of nitrogens with one attached hydrogen (secondary N) is 3. The molecule has 0 bridgehead atoms. The third-order valence-corrected chi connectivity index (χ3v) is 7.70. The van der Waals surface area contributed by atoms with Gasteiger partial charge in [-0.2, -0.15) is 18.3 Å². The molecule has 1 fully saturated rings. The summed E-state index contributed by atoms with van der Waals surface area (Å²) in [5.74, 6) is 1.27. The van der Waals surface area contributed by atoms with Crippen LogP contribution in [0.2, 0.25) is 0 Å². The maximum atomic E-state index is 13.2. The van der Waals surface area contributed by atoms with Crippen molar-refractivity contribution in [1.82, 2.24) is 20.3 Å². The fraction of sp³-hybridized carbons (Fsp3) is 0.571. The van der Waals surface area contributed by atoms with Gasteiger partial charge in [-0.25, -0.2) is 15.0 Å². The molecular formula is C28H36F3N9O. The third kappa shape index (κ3) is 6.04. The first-order chi connectivity index (χ1) is 19.2. The molecule has 0 aliphatic carbocycles. The van der Waals surface area contributed by atoms with Crippen LogP contribution in [0.4, 0.5) is 30.5 Å². The first kappa shape index (κ1) is 28.9. The van der Waals surface area contributed by atoms with Gasteiger partial charge >= 0.3 is 6.18 Å². The first-order valence-electron chi connectivity index (χ1n) is 13.9. The zero-order valence-electron chi connectivity index (χ0n) is 24.0. The van der Waals surface area contributed by atoms with Crippen LogP contribution >= 0.6 is 0 Å². The van der Waals surface area contributed by atoms with Gasteiger partial charge in [0.15, 0.2) is 0 Å². The Kier molecular flexibility index (Phi) is 7.51. The van der Waals surface area contributed by atoms with Crippen LogP contribution in [0.3, 0.4) is 0 Å². The number of hydrogen-bond donors (Lipinski definition) is 3. The third-order valence-electron chi connectivity index (χ3n) is 7.70. The molecule has 220 valence electrons. The highest BCUT2D eigenvalue weighted by molar-refractivity contribution is 6.16. The van der Waals surface area contributed by atoms with Crippen molar-refractivity contribution in [2.45, 2.75) is 76.9 Å². The minimum absolute atomic E-state index is 0.0217. The van der Waals surface area contributed by atoms with E-state index in [0.29, 0.717) is 31.1 Å². The predicted molar refractivity (Wildman–Crippen MR) is 153 cm³/mol. The lowest BCUT2D eigenvalue weighted by Gasteiger charge is -2.35. The number of piperidine rings is 1. The highest BCUT2D eigenvalue weighted by Gasteiger charge is 2.43. The van der Waals surface area contributed by atoms with E-state index in [4.69, 9.17) is 4.98 Å². The topological polar surface area (TPSA) is 120 Å². The Balaban J connectivity index is 1.35. The summed E-state index contributed by atoms with van der Waals surface area (Å²) in [6.07, 6.45) is -1.93. The van der Waals surface area contributed by atoms with E-state index >= 15 is 0 Å². The Bertz CT molecular complexity index is 1390. The van der Waals surface area contributed by atoms with Crippen molar-refractivity contribution in [2.24, 2.45) is 10.2 Å². The van der Waals surface area contributed by atoms with Crippen molar-refractivity contribution in [3.63, 3.8) is 0 Å². The highest BCUT2D eigenvalue weighted by Crippen LogP contribution is 2.43. The van der Waals surface area contributed by atoms with Gasteiger partial charge in [-0.1, -0.05) is 0 Å². The number of rotatable bonds is 7. The van der Waals surface area contributed by atoms with Gasteiger partial charge in [0, 0.05) is 44.1 Å². The standard InChI is InChI=1S/C28H36F3N9O/c1-26(2,3)35-11-10-32-18-7-6-17(19-14-20(39-38-19)28(29,30)31)36-22(18)16-8-12-40(13-9-16)24-21-23(33-15-34-24)37-25(41)27(21,4)5/h6-7,15-16,32,35H,8-14H2,1-5H3,(H,33,34,37,41). The van der Waals surface area contributed by atoms with Crippen molar-refractivity contribution in [3.05, 3.63) is 35.4 Å². The number of carbonyl (C=O) groups excluding carboxylic acids is 1. The summed E-state index contributed by atoms with van der Waals surface area (Å²) >= 11 is 0. The summed E-state index contributed by atoms with van der Waals surface area (Å²) in [7, 11) is 0. The van der Waals surface area contributed by atoms with Gasteiger partial charge in [0.05, 0.1) is 33.8 Å². The number of carbonyl (C=O) groups is 1. The van der Waals surface area contributed by atoms with Crippen LogP contribution in [0.25, 0.3) is 0 Å². The fourth-order valence-corrected chi connectivity index (χ4v) is 5.41. The molecule has 3 aliphatic heterocycles. The van der Waals surface area contributed by atoms with Gasteiger partial charge < -0.3 is 20.9 Å². The summed E-state index contributed by atoms with van der Waals surface area (Å²) in [5.41, 5.74) is 1.42. The molecule has 0 aromatic carbocycles. The van der Waals surface area contributed by atoms with E-state index in [1.807, 2.05) is 19.9 Å². The van der Waals surface area contributed by atoms with Gasteiger partial charge in [-0.3, -0.25) is 4.79 Å². The lowest BCUT2D eigenvalue weighted by molar-refractivity contribution is -0.119. The van der Waals surface area contributed by atoms with Crippen molar-refractivity contribution in [1.29, 1.82) is 0 Å². The maximum absolute atomic E-state index is 13.2. The molecule has 3 N–H and O–H groups in total. The Morgan fingerprint density at radius 2 is 1.80 bits per heavy atom. The Morgan fingerprint density at radius 3 is 2.46 bits per heavy atom. The number of halogens is 3. The number of nitrogens with zero attached hydrogens (tertiary/aromatic N) is 6. The van der Waals surface area contributed by atoms with Crippen molar-refractivity contribution < 1.29 is 18.0 Å². The molecule has 0 radical (unpaired) electrons. The lowest BCUT2D eigenvalue weighted by atomic mass is 9.86. The number of aromatic nitrogens is 3. The molecule has 13 heteroatoms. The van der Waals surface area contributed by atoms with Crippen LogP contribution in [-0.4, -0.2) is 70.2 Å². The number of hydrogen-bond acceptors (Lipinski definition) is 9. The minimum Gasteiger partial charge on any atom is -0.382 e. The SMILES string of the molecule is CC(C)(C)NCCNc1ccc(C2=NN=C(C(F)(F)F)C2)nc1C1CCN(c2ncnc3c2C(C)(C)C(=O)N3)CC1. The number of pyridine rings is 1. The van der Waals surface area contributed by atoms with E-state index in [9.17, 15) is 18.0 Å². The van der Waals surface area contributed by atoms with Crippen LogP contribution in [0.5, 0.6) is 0 Å². The van der Waals surface area contributed by atoms with E-state index in [2.05, 4.69) is 61.8 Å². The molecule has 41 heavy (non-hydrogen) atoms. The predicted octanol–water partition coefficient (Wildman–Crippen LogP) is 4.40. The monoisotopic (exact) mass is 571 g/mol. The van der Waals surface area contributed by atoms with Gasteiger partial charge in [0.2, 0.25) is 5.91 Å². The number of fused-ring (bicyclic) bond motifs is 1. The van der Waals surface area contributed by atoms with Crippen LogP contribution in [0.15, 0.2) is 28.7 Å². The van der Waals surface area contributed by atoms with Gasteiger partial charge in [-0.15, -0.1) is 5.10 Å². The molecule has 1 amide bonds. The smallest absolute Gasteiger partial charge is 0.382 e. The average Bonchev–Trinajstić information content (AvgIpc) is 3.50. The van der Waals surface area contributed by atoms with Crippen molar-refractivity contribution in [2.75, 3.05) is 41.7 Å². The van der Waals surface area contributed by atoms with Crippen molar-refractivity contribution >= 4 is 34.7 Å². The second-order valence-electron chi connectivity index (χ2n) is 12.3. The molecule has 2 aromatic rings. The van der Waals surface area contributed by atoms with Crippen LogP contribution < -0.4 is 20.9 Å². The average molecular weight is 572 g/mol.